The van der Waals surface area contributed by atoms with Gasteiger partial charge in [0.25, 0.3) is 0 Å². The Bertz CT molecular complexity index is 538. The van der Waals surface area contributed by atoms with E-state index in [0.717, 1.165) is 31.0 Å². The highest BCUT2D eigenvalue weighted by Crippen LogP contribution is 2.23. The lowest BCUT2D eigenvalue weighted by atomic mass is 9.96. The molecular formula is C21H29N. The number of benzene rings is 1. The zero-order chi connectivity index (χ0) is 15.8. The van der Waals surface area contributed by atoms with Crippen LogP contribution in [0.4, 0.5) is 0 Å². The highest BCUT2D eigenvalue weighted by molar-refractivity contribution is 5.66. The Morgan fingerprint density at radius 2 is 2.00 bits per heavy atom. The minimum atomic E-state index is 0.547. The average molecular weight is 295 g/mol. The molecule has 1 heteroatoms. The molecule has 0 spiro atoms. The highest BCUT2D eigenvalue weighted by atomic mass is 14.9. The SMILES string of the molecule is CCC/C(=C\C[C@H](C)CC)c1ccc(C#CC2CNC2)cc1. The van der Waals surface area contributed by atoms with Crippen molar-refractivity contribution >= 4 is 5.57 Å². The molecule has 1 saturated heterocycles. The van der Waals surface area contributed by atoms with Crippen LogP contribution < -0.4 is 5.32 Å². The molecule has 0 aromatic heterocycles. The molecule has 22 heavy (non-hydrogen) atoms. The molecule has 0 radical (unpaired) electrons. The van der Waals surface area contributed by atoms with E-state index >= 15 is 0 Å². The lowest BCUT2D eigenvalue weighted by Crippen LogP contribution is -2.40. The summed E-state index contributed by atoms with van der Waals surface area (Å²) in [4.78, 5) is 0. The van der Waals surface area contributed by atoms with Crippen molar-refractivity contribution in [3.63, 3.8) is 0 Å². The van der Waals surface area contributed by atoms with Crippen molar-refractivity contribution in [3.8, 4) is 11.8 Å². The van der Waals surface area contributed by atoms with Crippen LogP contribution in [0.3, 0.4) is 0 Å². The van der Waals surface area contributed by atoms with Gasteiger partial charge in [-0.25, -0.2) is 0 Å². The van der Waals surface area contributed by atoms with Gasteiger partial charge in [0, 0.05) is 24.6 Å². The van der Waals surface area contributed by atoms with Crippen LogP contribution >= 0.6 is 0 Å². The van der Waals surface area contributed by atoms with Crippen LogP contribution in [0.1, 0.15) is 57.6 Å². The minimum absolute atomic E-state index is 0.547. The first-order valence-electron chi connectivity index (χ1n) is 8.74. The van der Waals surface area contributed by atoms with Gasteiger partial charge in [-0.05, 0) is 42.0 Å². The lowest BCUT2D eigenvalue weighted by Gasteiger charge is -2.21. The van der Waals surface area contributed by atoms with Gasteiger partial charge in [-0.1, -0.05) is 63.7 Å². The molecule has 0 bridgehead atoms. The van der Waals surface area contributed by atoms with E-state index in [1.54, 1.807) is 0 Å². The van der Waals surface area contributed by atoms with E-state index < -0.39 is 0 Å². The topological polar surface area (TPSA) is 12.0 Å². The second-order valence-corrected chi connectivity index (χ2v) is 6.43. The van der Waals surface area contributed by atoms with Gasteiger partial charge < -0.3 is 5.32 Å². The molecule has 118 valence electrons. The van der Waals surface area contributed by atoms with E-state index in [2.05, 4.69) is 68.3 Å². The van der Waals surface area contributed by atoms with Crippen molar-refractivity contribution in [1.82, 2.24) is 5.32 Å². The second kappa shape index (κ2) is 8.81. The maximum absolute atomic E-state index is 3.33. The monoisotopic (exact) mass is 295 g/mol. The molecule has 1 atom stereocenters. The van der Waals surface area contributed by atoms with Crippen LogP contribution in [0, 0.1) is 23.7 Å². The molecule has 1 heterocycles. The van der Waals surface area contributed by atoms with Crippen molar-refractivity contribution in [1.29, 1.82) is 0 Å². The largest absolute Gasteiger partial charge is 0.314 e. The minimum Gasteiger partial charge on any atom is -0.314 e. The molecule has 1 aromatic rings. The Morgan fingerprint density at radius 3 is 2.55 bits per heavy atom. The molecule has 0 unspecified atom stereocenters. The Kier molecular flexibility index (Phi) is 6.74. The summed E-state index contributed by atoms with van der Waals surface area (Å²) in [7, 11) is 0. The van der Waals surface area contributed by atoms with Crippen LogP contribution in [0.2, 0.25) is 0 Å². The van der Waals surface area contributed by atoms with E-state index in [-0.39, 0.29) is 0 Å². The quantitative estimate of drug-likeness (QED) is 0.738. The molecule has 0 saturated carbocycles. The summed E-state index contributed by atoms with van der Waals surface area (Å²) in [5.41, 5.74) is 3.99. The Hall–Kier alpha value is -1.52. The van der Waals surface area contributed by atoms with Gasteiger partial charge in [0.2, 0.25) is 0 Å². The van der Waals surface area contributed by atoms with Gasteiger partial charge in [0.05, 0.1) is 0 Å². The third-order valence-corrected chi connectivity index (χ3v) is 4.44. The third-order valence-electron chi connectivity index (χ3n) is 4.44. The van der Waals surface area contributed by atoms with Crippen LogP contribution in [-0.2, 0) is 0 Å². The van der Waals surface area contributed by atoms with Crippen LogP contribution in [0.25, 0.3) is 5.57 Å². The summed E-state index contributed by atoms with van der Waals surface area (Å²) < 4.78 is 0. The number of hydrogen-bond donors (Lipinski definition) is 1. The van der Waals surface area contributed by atoms with Gasteiger partial charge >= 0.3 is 0 Å². The first kappa shape index (κ1) is 16.8. The maximum atomic E-state index is 3.33. The van der Waals surface area contributed by atoms with E-state index in [9.17, 15) is 0 Å². The van der Waals surface area contributed by atoms with Gasteiger partial charge in [0.1, 0.15) is 0 Å². The standard InChI is InChI=1S/C21H29N/c1-4-6-20(12-7-17(3)5-2)21-13-10-18(11-14-21)8-9-19-15-22-16-19/h10-14,17,19,22H,4-7,15-16H2,1-3H3/b20-12+/t17-/m1/s1. The van der Waals surface area contributed by atoms with E-state index in [1.807, 2.05) is 0 Å². The molecule has 1 aliphatic heterocycles. The van der Waals surface area contributed by atoms with Crippen molar-refractivity contribution in [2.75, 3.05) is 13.1 Å². The fourth-order valence-corrected chi connectivity index (χ4v) is 2.49. The fourth-order valence-electron chi connectivity index (χ4n) is 2.49. The van der Waals surface area contributed by atoms with E-state index in [1.165, 1.54) is 30.4 Å². The molecule has 1 fully saturated rings. The number of rotatable bonds is 6. The van der Waals surface area contributed by atoms with Crippen molar-refractivity contribution in [2.45, 2.75) is 46.5 Å². The zero-order valence-electron chi connectivity index (χ0n) is 14.3. The predicted molar refractivity (Wildman–Crippen MR) is 96.6 cm³/mol. The number of nitrogens with one attached hydrogen (secondary N) is 1. The van der Waals surface area contributed by atoms with E-state index in [4.69, 9.17) is 0 Å². The molecule has 0 aliphatic carbocycles. The highest BCUT2D eigenvalue weighted by Gasteiger charge is 2.12. The van der Waals surface area contributed by atoms with Crippen molar-refractivity contribution in [3.05, 3.63) is 41.5 Å². The Labute approximate surface area is 136 Å². The molecule has 1 aliphatic rings. The van der Waals surface area contributed by atoms with Gasteiger partial charge in [-0.15, -0.1) is 0 Å². The number of allylic oxidation sites excluding steroid dienone is 2. The Morgan fingerprint density at radius 1 is 1.27 bits per heavy atom. The van der Waals surface area contributed by atoms with E-state index in [0.29, 0.717) is 5.92 Å². The third kappa shape index (κ3) is 5.04. The first-order chi connectivity index (χ1) is 10.7. The van der Waals surface area contributed by atoms with Gasteiger partial charge in [0.15, 0.2) is 0 Å². The van der Waals surface area contributed by atoms with Gasteiger partial charge in [-0.3, -0.25) is 0 Å². The summed E-state index contributed by atoms with van der Waals surface area (Å²) >= 11 is 0. The zero-order valence-corrected chi connectivity index (χ0v) is 14.3. The van der Waals surface area contributed by atoms with Crippen LogP contribution in [0.15, 0.2) is 30.3 Å². The normalized spacial score (nSPS) is 16.6. The fraction of sp³-hybridized carbons (Fsp3) is 0.524. The Balaban J connectivity index is 2.05. The molecular weight excluding hydrogens is 266 g/mol. The van der Waals surface area contributed by atoms with Crippen molar-refractivity contribution < 1.29 is 0 Å². The molecule has 1 N–H and O–H groups in total. The molecule has 1 aromatic carbocycles. The summed E-state index contributed by atoms with van der Waals surface area (Å²) in [6.45, 7) is 8.94. The summed E-state index contributed by atoms with van der Waals surface area (Å²) in [5, 5.41) is 3.25. The molecule has 1 nitrogen and oxygen atoms in total. The average Bonchev–Trinajstić information content (AvgIpc) is 2.50. The summed E-state index contributed by atoms with van der Waals surface area (Å²) in [5.74, 6) is 7.94. The smallest absolute Gasteiger partial charge is 0.0455 e. The summed E-state index contributed by atoms with van der Waals surface area (Å²) in [6.07, 6.45) is 7.23. The lowest BCUT2D eigenvalue weighted by molar-refractivity contribution is 0.432. The summed E-state index contributed by atoms with van der Waals surface area (Å²) in [6, 6.07) is 8.81. The van der Waals surface area contributed by atoms with Crippen LogP contribution in [0.5, 0.6) is 0 Å². The first-order valence-corrected chi connectivity index (χ1v) is 8.74. The van der Waals surface area contributed by atoms with Gasteiger partial charge in [-0.2, -0.15) is 0 Å². The number of hydrogen-bond acceptors (Lipinski definition) is 1. The maximum Gasteiger partial charge on any atom is 0.0455 e. The molecule has 0 amide bonds. The molecule has 2 rings (SSSR count). The predicted octanol–water partition coefficient (Wildman–Crippen LogP) is 4.88. The van der Waals surface area contributed by atoms with Crippen molar-refractivity contribution in [2.24, 2.45) is 11.8 Å². The second-order valence-electron chi connectivity index (χ2n) is 6.43. The van der Waals surface area contributed by atoms with Crippen LogP contribution in [-0.4, -0.2) is 13.1 Å².